The van der Waals surface area contributed by atoms with Crippen LogP contribution in [0.2, 0.25) is 0 Å². The molecule has 1 heterocycles. The summed E-state index contributed by atoms with van der Waals surface area (Å²) in [5.74, 6) is 1.44. The Hall–Kier alpha value is -4.30. The van der Waals surface area contributed by atoms with Crippen LogP contribution >= 0.6 is 0 Å². The maximum Gasteiger partial charge on any atom is 0.161 e. The minimum absolute atomic E-state index is 0.194. The van der Waals surface area contributed by atoms with Crippen LogP contribution in [0.1, 0.15) is 12.5 Å². The maximum atomic E-state index is 9.72. The van der Waals surface area contributed by atoms with Crippen LogP contribution in [0.25, 0.3) is 33.5 Å². The largest absolute Gasteiger partial charge is 0.493 e. The number of aromatic nitrogens is 1. The van der Waals surface area contributed by atoms with Crippen LogP contribution in [-0.2, 0) is 0 Å². The van der Waals surface area contributed by atoms with Crippen LogP contribution in [0.15, 0.2) is 78.9 Å². The van der Waals surface area contributed by atoms with E-state index in [2.05, 4.69) is 35.3 Å². The summed E-state index contributed by atoms with van der Waals surface area (Å²) in [7, 11) is 1.59. The fourth-order valence-electron chi connectivity index (χ4n) is 3.63. The van der Waals surface area contributed by atoms with E-state index < -0.39 is 0 Å². The zero-order valence-electron chi connectivity index (χ0n) is 18.0. The van der Waals surface area contributed by atoms with Gasteiger partial charge >= 0.3 is 0 Å². The first-order valence-electron chi connectivity index (χ1n) is 10.3. The minimum Gasteiger partial charge on any atom is -0.493 e. The highest BCUT2D eigenvalue weighted by Gasteiger charge is 2.16. The Kier molecular flexibility index (Phi) is 6.05. The van der Waals surface area contributed by atoms with Gasteiger partial charge in [-0.15, -0.1) is 0 Å². The van der Waals surface area contributed by atoms with Crippen molar-refractivity contribution >= 4 is 5.82 Å². The lowest BCUT2D eigenvalue weighted by molar-refractivity contribution is 0.311. The summed E-state index contributed by atoms with van der Waals surface area (Å²) in [6, 6.07) is 28.0. The van der Waals surface area contributed by atoms with Crippen molar-refractivity contribution < 1.29 is 9.47 Å². The number of hydrogen-bond acceptors (Lipinski definition) is 5. The van der Waals surface area contributed by atoms with Gasteiger partial charge in [-0.1, -0.05) is 60.7 Å². The molecule has 0 radical (unpaired) electrons. The van der Waals surface area contributed by atoms with Gasteiger partial charge in [-0.3, -0.25) is 0 Å². The Labute approximate surface area is 187 Å². The summed E-state index contributed by atoms with van der Waals surface area (Å²) in [6.45, 7) is 2.45. The molecule has 0 saturated carbocycles. The third-order valence-corrected chi connectivity index (χ3v) is 5.22. The molecule has 0 spiro atoms. The Morgan fingerprint density at radius 2 is 1.50 bits per heavy atom. The summed E-state index contributed by atoms with van der Waals surface area (Å²) in [5.41, 5.74) is 11.9. The lowest BCUT2D eigenvalue weighted by Gasteiger charge is -2.14. The van der Waals surface area contributed by atoms with E-state index in [4.69, 9.17) is 15.2 Å². The molecule has 158 valence electrons. The molecule has 3 aromatic carbocycles. The first kappa shape index (κ1) is 21.0. The highest BCUT2D eigenvalue weighted by atomic mass is 16.5. The van der Waals surface area contributed by atoms with Crippen molar-refractivity contribution in [3.63, 3.8) is 0 Å². The predicted octanol–water partition coefficient (Wildman–Crippen LogP) is 5.94. The molecule has 32 heavy (non-hydrogen) atoms. The van der Waals surface area contributed by atoms with E-state index in [0.717, 1.165) is 22.3 Å². The van der Waals surface area contributed by atoms with E-state index in [1.54, 1.807) is 7.11 Å². The smallest absolute Gasteiger partial charge is 0.161 e. The third kappa shape index (κ3) is 4.12. The summed E-state index contributed by atoms with van der Waals surface area (Å²) in [5, 5.41) is 9.72. The lowest BCUT2D eigenvalue weighted by Crippen LogP contribution is -2.00. The quantitative estimate of drug-likeness (QED) is 0.416. The van der Waals surface area contributed by atoms with E-state index in [1.807, 2.05) is 61.5 Å². The fraction of sp³-hybridized carbons (Fsp3) is 0.111. The molecule has 5 heteroatoms. The number of rotatable bonds is 6. The number of pyridine rings is 1. The first-order chi connectivity index (χ1) is 15.6. The molecule has 5 nitrogen and oxygen atoms in total. The van der Waals surface area contributed by atoms with Crippen molar-refractivity contribution in [1.29, 1.82) is 5.26 Å². The van der Waals surface area contributed by atoms with Gasteiger partial charge < -0.3 is 15.2 Å². The van der Waals surface area contributed by atoms with Crippen molar-refractivity contribution in [2.24, 2.45) is 0 Å². The van der Waals surface area contributed by atoms with Gasteiger partial charge in [-0.05, 0) is 41.8 Å². The molecule has 0 aliphatic heterocycles. The van der Waals surface area contributed by atoms with Gasteiger partial charge in [0.05, 0.1) is 19.4 Å². The number of benzene rings is 3. The molecule has 0 fully saturated rings. The fourth-order valence-corrected chi connectivity index (χ4v) is 3.63. The molecular formula is C27H23N3O2. The lowest BCUT2D eigenvalue weighted by atomic mass is 9.97. The monoisotopic (exact) mass is 421 g/mol. The van der Waals surface area contributed by atoms with Gasteiger partial charge in [0, 0.05) is 11.1 Å². The molecule has 0 aliphatic carbocycles. The normalized spacial score (nSPS) is 10.4. The zero-order valence-corrected chi connectivity index (χ0v) is 18.0. The van der Waals surface area contributed by atoms with E-state index >= 15 is 0 Å². The molecule has 0 saturated heterocycles. The summed E-state index contributed by atoms with van der Waals surface area (Å²) in [6.07, 6.45) is 0. The molecule has 4 rings (SSSR count). The second-order valence-corrected chi connectivity index (χ2v) is 7.17. The standard InChI is InChI=1S/C27H23N3O2/c1-3-32-25-14-13-21(15-26(25)31-2)22-16-24(30-27(29)23(22)17-28)20-11-9-19(10-12-20)18-7-5-4-6-8-18/h4-16H,3H2,1-2H3,(H2,29,30). The number of ether oxygens (including phenoxy) is 2. The van der Waals surface area contributed by atoms with Gasteiger partial charge in [0.2, 0.25) is 0 Å². The van der Waals surface area contributed by atoms with Gasteiger partial charge in [-0.2, -0.15) is 5.26 Å². The van der Waals surface area contributed by atoms with E-state index in [-0.39, 0.29) is 5.82 Å². The van der Waals surface area contributed by atoms with Crippen molar-refractivity contribution in [1.82, 2.24) is 4.98 Å². The average Bonchev–Trinajstić information content (AvgIpc) is 2.84. The van der Waals surface area contributed by atoms with E-state index in [1.165, 1.54) is 0 Å². The Balaban J connectivity index is 1.78. The van der Waals surface area contributed by atoms with Crippen LogP contribution in [0.3, 0.4) is 0 Å². The molecule has 2 N–H and O–H groups in total. The Morgan fingerprint density at radius 1 is 0.844 bits per heavy atom. The highest BCUT2D eigenvalue weighted by Crippen LogP contribution is 2.37. The summed E-state index contributed by atoms with van der Waals surface area (Å²) in [4.78, 5) is 4.49. The van der Waals surface area contributed by atoms with Gasteiger partial charge in [-0.25, -0.2) is 4.98 Å². The van der Waals surface area contributed by atoms with E-state index in [0.29, 0.717) is 34.9 Å². The Bertz CT molecular complexity index is 1280. The molecule has 0 aliphatic rings. The topological polar surface area (TPSA) is 81.2 Å². The number of nitriles is 1. The number of methoxy groups -OCH3 is 1. The maximum absolute atomic E-state index is 9.72. The number of anilines is 1. The molecule has 0 amide bonds. The van der Waals surface area contributed by atoms with Crippen LogP contribution in [0.5, 0.6) is 11.5 Å². The zero-order chi connectivity index (χ0) is 22.5. The van der Waals surface area contributed by atoms with Crippen molar-refractivity contribution in [3.05, 3.63) is 84.4 Å². The molecule has 0 atom stereocenters. The average molecular weight is 422 g/mol. The van der Waals surface area contributed by atoms with Crippen LogP contribution in [0, 0.1) is 11.3 Å². The van der Waals surface area contributed by atoms with E-state index in [9.17, 15) is 5.26 Å². The third-order valence-electron chi connectivity index (χ3n) is 5.22. The first-order valence-corrected chi connectivity index (χ1v) is 10.3. The van der Waals surface area contributed by atoms with Crippen molar-refractivity contribution in [2.45, 2.75) is 6.92 Å². The molecule has 0 unspecified atom stereocenters. The van der Waals surface area contributed by atoms with Crippen LogP contribution < -0.4 is 15.2 Å². The number of nitrogens with two attached hydrogens (primary N) is 1. The van der Waals surface area contributed by atoms with Crippen molar-refractivity contribution in [3.8, 4) is 51.1 Å². The van der Waals surface area contributed by atoms with Crippen LogP contribution in [0.4, 0.5) is 5.82 Å². The molecule has 4 aromatic rings. The SMILES string of the molecule is CCOc1ccc(-c2cc(-c3ccc(-c4ccccc4)cc3)nc(N)c2C#N)cc1OC. The second-order valence-electron chi connectivity index (χ2n) is 7.17. The molecule has 1 aromatic heterocycles. The summed E-state index contributed by atoms with van der Waals surface area (Å²) >= 11 is 0. The second kappa shape index (κ2) is 9.23. The summed E-state index contributed by atoms with van der Waals surface area (Å²) < 4.78 is 11.1. The van der Waals surface area contributed by atoms with Gasteiger partial charge in [0.25, 0.3) is 0 Å². The minimum atomic E-state index is 0.194. The number of hydrogen-bond donors (Lipinski definition) is 1. The van der Waals surface area contributed by atoms with Gasteiger partial charge in [0.1, 0.15) is 17.5 Å². The molecular weight excluding hydrogens is 398 g/mol. The van der Waals surface area contributed by atoms with Crippen molar-refractivity contribution in [2.75, 3.05) is 19.5 Å². The predicted molar refractivity (Wildman–Crippen MR) is 127 cm³/mol. The number of nitrogen functional groups attached to an aromatic ring is 1. The molecule has 0 bridgehead atoms. The van der Waals surface area contributed by atoms with Gasteiger partial charge in [0.15, 0.2) is 11.5 Å². The Morgan fingerprint density at radius 3 is 2.16 bits per heavy atom. The van der Waals surface area contributed by atoms with Crippen LogP contribution in [-0.4, -0.2) is 18.7 Å². The highest BCUT2D eigenvalue weighted by molar-refractivity contribution is 5.81. The number of nitrogens with zero attached hydrogens (tertiary/aromatic N) is 2.